The fraction of sp³-hybridized carbons (Fsp3) is 0.174. The number of nitriles is 1. The second kappa shape index (κ2) is 8.52. The minimum atomic E-state index is -4.52. The smallest absolute Gasteiger partial charge is 0.278 e. The molecule has 0 fully saturated rings. The maximum Gasteiger partial charge on any atom is 0.416 e. The molecule has 1 aliphatic rings. The summed E-state index contributed by atoms with van der Waals surface area (Å²) in [6, 6.07) is 14.4. The molecule has 1 aromatic heterocycles. The van der Waals surface area contributed by atoms with Crippen molar-refractivity contribution in [1.29, 1.82) is 5.26 Å². The molecule has 32 heavy (non-hydrogen) atoms. The van der Waals surface area contributed by atoms with Crippen LogP contribution in [-0.4, -0.2) is 16.6 Å². The molecule has 0 saturated carbocycles. The van der Waals surface area contributed by atoms with Crippen LogP contribution in [-0.2, 0) is 11.0 Å². The molecule has 4 nitrogen and oxygen atoms in total. The van der Waals surface area contributed by atoms with Crippen LogP contribution in [0.15, 0.2) is 63.3 Å². The van der Waals surface area contributed by atoms with Gasteiger partial charge in [0.1, 0.15) is 11.1 Å². The Kier molecular flexibility index (Phi) is 5.93. The number of thioether (sulfide) groups is 1. The molecule has 0 spiro atoms. The van der Waals surface area contributed by atoms with Gasteiger partial charge in [0.15, 0.2) is 0 Å². The third-order valence-electron chi connectivity index (χ3n) is 4.86. The van der Waals surface area contributed by atoms with Crippen molar-refractivity contribution in [1.82, 2.24) is 4.98 Å². The number of hydrogen-bond acceptors (Lipinski definition) is 5. The Morgan fingerprint density at radius 2 is 1.84 bits per heavy atom. The summed E-state index contributed by atoms with van der Waals surface area (Å²) >= 11 is 2.43. The number of pyridine rings is 1. The fourth-order valence-electron chi connectivity index (χ4n) is 3.44. The van der Waals surface area contributed by atoms with Crippen LogP contribution in [0.3, 0.4) is 0 Å². The van der Waals surface area contributed by atoms with Crippen LogP contribution in [0.2, 0.25) is 0 Å². The number of aromatic nitrogens is 1. The monoisotopic (exact) mass is 471 g/mol. The second-order valence-corrected chi connectivity index (χ2v) is 9.19. The van der Waals surface area contributed by atoms with Crippen molar-refractivity contribution >= 4 is 40.8 Å². The lowest BCUT2D eigenvalue weighted by Gasteiger charge is -2.31. The first kappa shape index (κ1) is 22.2. The Morgan fingerprint density at radius 3 is 2.56 bits per heavy atom. The first-order valence-corrected chi connectivity index (χ1v) is 11.3. The maximum absolute atomic E-state index is 13.4. The number of hydrogen-bond donors (Lipinski definition) is 0. The maximum atomic E-state index is 13.4. The Balaban J connectivity index is 1.72. The molecule has 0 N–H and O–H groups in total. The molecule has 2 aromatic carbocycles. The van der Waals surface area contributed by atoms with Crippen LogP contribution in [0, 0.1) is 25.2 Å². The highest BCUT2D eigenvalue weighted by molar-refractivity contribution is 8.00. The molecule has 0 atom stereocenters. The minimum Gasteiger partial charge on any atom is -0.278 e. The molecule has 162 valence electrons. The normalized spacial score (nSPS) is 12.7. The van der Waals surface area contributed by atoms with E-state index in [4.69, 9.17) is 0 Å². The van der Waals surface area contributed by atoms with Crippen LogP contribution < -0.4 is 4.90 Å². The number of anilines is 2. The average molecular weight is 472 g/mol. The number of halogens is 3. The number of rotatable bonds is 3. The molecule has 3 aromatic rings. The van der Waals surface area contributed by atoms with Gasteiger partial charge >= 0.3 is 6.18 Å². The van der Waals surface area contributed by atoms with Gasteiger partial charge in [-0.25, -0.2) is 4.98 Å². The lowest BCUT2D eigenvalue weighted by Crippen LogP contribution is -2.30. The summed E-state index contributed by atoms with van der Waals surface area (Å²) in [6.45, 7) is 3.60. The summed E-state index contributed by atoms with van der Waals surface area (Å²) in [5.41, 5.74) is 1.78. The number of aryl methyl sites for hydroxylation is 2. The van der Waals surface area contributed by atoms with Crippen LogP contribution in [0.4, 0.5) is 24.5 Å². The van der Waals surface area contributed by atoms with Crippen molar-refractivity contribution in [2.45, 2.75) is 34.8 Å². The Morgan fingerprint density at radius 1 is 1.12 bits per heavy atom. The first-order chi connectivity index (χ1) is 15.2. The molecule has 0 aliphatic carbocycles. The average Bonchev–Trinajstić information content (AvgIpc) is 2.74. The number of para-hydroxylation sites is 1. The standard InChI is InChI=1S/C23H16F3N3OS2/c1-13-9-14(2)28-22(16(13)11-27)31-12-21(30)29-17-5-3-4-6-19(17)32-20-8-7-15(10-18(20)29)23(24,25)26/h3-10H,12H2,1-2H3. The fourth-order valence-corrected chi connectivity index (χ4v) is 5.42. The molecule has 1 aliphatic heterocycles. The molecule has 0 bridgehead atoms. The van der Waals surface area contributed by atoms with E-state index in [-0.39, 0.29) is 11.4 Å². The summed E-state index contributed by atoms with van der Waals surface area (Å²) in [4.78, 5) is 20.4. The van der Waals surface area contributed by atoms with Gasteiger partial charge < -0.3 is 0 Å². The Labute approximate surface area is 191 Å². The van der Waals surface area contributed by atoms with Crippen molar-refractivity contribution in [2.24, 2.45) is 0 Å². The quantitative estimate of drug-likeness (QED) is 0.408. The third-order valence-corrected chi connectivity index (χ3v) is 6.95. The zero-order valence-electron chi connectivity index (χ0n) is 17.0. The van der Waals surface area contributed by atoms with E-state index in [1.165, 1.54) is 22.7 Å². The van der Waals surface area contributed by atoms with E-state index >= 15 is 0 Å². The molecule has 1 amide bonds. The summed E-state index contributed by atoms with van der Waals surface area (Å²) in [7, 11) is 0. The lowest BCUT2D eigenvalue weighted by atomic mass is 10.1. The topological polar surface area (TPSA) is 57.0 Å². The summed E-state index contributed by atoms with van der Waals surface area (Å²) in [5, 5.41) is 9.90. The van der Waals surface area contributed by atoms with Gasteiger partial charge in [0.2, 0.25) is 5.91 Å². The first-order valence-electron chi connectivity index (χ1n) is 9.51. The van der Waals surface area contributed by atoms with Crippen molar-refractivity contribution < 1.29 is 18.0 Å². The number of fused-ring (bicyclic) bond motifs is 2. The lowest BCUT2D eigenvalue weighted by molar-refractivity contribution is -0.137. The van der Waals surface area contributed by atoms with E-state index in [0.29, 0.717) is 21.2 Å². The van der Waals surface area contributed by atoms with Gasteiger partial charge in [0, 0.05) is 15.5 Å². The van der Waals surface area contributed by atoms with Gasteiger partial charge in [-0.3, -0.25) is 9.69 Å². The molecule has 2 heterocycles. The van der Waals surface area contributed by atoms with E-state index in [1.807, 2.05) is 12.1 Å². The van der Waals surface area contributed by atoms with E-state index < -0.39 is 17.6 Å². The van der Waals surface area contributed by atoms with Crippen molar-refractivity contribution in [3.63, 3.8) is 0 Å². The predicted molar refractivity (Wildman–Crippen MR) is 118 cm³/mol. The van der Waals surface area contributed by atoms with E-state index in [2.05, 4.69) is 11.1 Å². The molecule has 4 rings (SSSR count). The van der Waals surface area contributed by atoms with Crippen LogP contribution >= 0.6 is 23.5 Å². The molecular formula is C23H16F3N3OS2. The molecule has 0 saturated heterocycles. The number of benzene rings is 2. The van der Waals surface area contributed by atoms with Crippen molar-refractivity contribution in [2.75, 3.05) is 10.7 Å². The Hall–Kier alpha value is -2.96. The predicted octanol–water partition coefficient (Wildman–Crippen LogP) is 6.51. The molecule has 0 radical (unpaired) electrons. The van der Waals surface area contributed by atoms with Gasteiger partial charge in [0.25, 0.3) is 0 Å². The number of amides is 1. The van der Waals surface area contributed by atoms with E-state index in [0.717, 1.165) is 40.0 Å². The highest BCUT2D eigenvalue weighted by Gasteiger charge is 2.35. The number of carbonyl (C=O) groups is 1. The van der Waals surface area contributed by atoms with Gasteiger partial charge in [-0.1, -0.05) is 35.7 Å². The Bertz CT molecular complexity index is 1270. The SMILES string of the molecule is Cc1cc(C)c(C#N)c(SCC(=O)N2c3ccccc3Sc3ccc(C(F)(F)F)cc32)n1. The third kappa shape index (κ3) is 4.20. The minimum absolute atomic E-state index is 0.0841. The van der Waals surface area contributed by atoms with Gasteiger partial charge in [-0.05, 0) is 55.8 Å². The van der Waals surface area contributed by atoms with E-state index in [1.54, 1.807) is 32.0 Å². The van der Waals surface area contributed by atoms with Crippen molar-refractivity contribution in [3.05, 3.63) is 70.9 Å². The van der Waals surface area contributed by atoms with Gasteiger partial charge in [-0.2, -0.15) is 18.4 Å². The second-order valence-electron chi connectivity index (χ2n) is 7.14. The highest BCUT2D eigenvalue weighted by atomic mass is 32.2. The van der Waals surface area contributed by atoms with Crippen LogP contribution in [0.25, 0.3) is 0 Å². The number of nitrogens with zero attached hydrogens (tertiary/aromatic N) is 3. The van der Waals surface area contributed by atoms with Crippen LogP contribution in [0.1, 0.15) is 22.4 Å². The van der Waals surface area contributed by atoms with Crippen LogP contribution in [0.5, 0.6) is 0 Å². The largest absolute Gasteiger partial charge is 0.416 e. The summed E-state index contributed by atoms with van der Waals surface area (Å²) in [6.07, 6.45) is -4.52. The molecular weight excluding hydrogens is 455 g/mol. The zero-order chi connectivity index (χ0) is 23.0. The number of alkyl halides is 3. The summed E-state index contributed by atoms with van der Waals surface area (Å²) in [5.74, 6) is -0.479. The van der Waals surface area contributed by atoms with Crippen molar-refractivity contribution in [3.8, 4) is 6.07 Å². The van der Waals surface area contributed by atoms with Gasteiger partial charge in [0.05, 0.1) is 28.3 Å². The van der Waals surface area contributed by atoms with E-state index in [9.17, 15) is 23.2 Å². The molecule has 9 heteroatoms. The number of carbonyl (C=O) groups excluding carboxylic acids is 1. The summed E-state index contributed by atoms with van der Waals surface area (Å²) < 4.78 is 40.1. The highest BCUT2D eigenvalue weighted by Crippen LogP contribution is 2.49. The van der Waals surface area contributed by atoms with Gasteiger partial charge in [-0.15, -0.1) is 0 Å². The molecule has 0 unspecified atom stereocenters. The zero-order valence-corrected chi connectivity index (χ0v) is 18.7.